The van der Waals surface area contributed by atoms with Crippen LogP contribution in [-0.4, -0.2) is 11.9 Å². The van der Waals surface area contributed by atoms with Crippen molar-refractivity contribution in [1.29, 1.82) is 0 Å². The molecule has 0 N–H and O–H groups in total. The van der Waals surface area contributed by atoms with Gasteiger partial charge in [-0.05, 0) is 55.3 Å². The third-order valence-electron chi connectivity index (χ3n) is 4.60. The highest BCUT2D eigenvalue weighted by Gasteiger charge is 2.24. The Kier molecular flexibility index (Phi) is 5.25. The summed E-state index contributed by atoms with van der Waals surface area (Å²) < 4.78 is 11.1. The lowest BCUT2D eigenvalue weighted by Crippen LogP contribution is -2.05. The number of rotatable bonds is 5. The molecule has 0 saturated carbocycles. The van der Waals surface area contributed by atoms with Crippen LogP contribution in [0.3, 0.4) is 0 Å². The quantitative estimate of drug-likeness (QED) is 0.448. The van der Waals surface area contributed by atoms with Crippen molar-refractivity contribution in [1.82, 2.24) is 0 Å². The lowest BCUT2D eigenvalue weighted by molar-refractivity contribution is -0.129. The summed E-state index contributed by atoms with van der Waals surface area (Å²) in [6, 6.07) is 23.5. The Balaban J connectivity index is 1.45. The smallest absolute Gasteiger partial charge is 0.363 e. The number of benzene rings is 3. The van der Waals surface area contributed by atoms with E-state index in [4.69, 9.17) is 9.47 Å². The number of esters is 1. The minimum atomic E-state index is -0.443. The number of hydrogen-bond donors (Lipinski definition) is 0. The predicted molar refractivity (Wildman–Crippen MR) is 114 cm³/mol. The Bertz CT molecular complexity index is 1090. The molecule has 1 aliphatic heterocycles. The van der Waals surface area contributed by atoms with Crippen molar-refractivity contribution in [3.8, 4) is 5.75 Å². The van der Waals surface area contributed by atoms with Gasteiger partial charge in [0.25, 0.3) is 0 Å². The second-order valence-electron chi connectivity index (χ2n) is 7.05. The molecule has 144 valence electrons. The van der Waals surface area contributed by atoms with Gasteiger partial charge in [0.1, 0.15) is 12.4 Å². The molecular weight excluding hydrogens is 362 g/mol. The van der Waals surface area contributed by atoms with E-state index in [1.54, 1.807) is 6.08 Å². The van der Waals surface area contributed by atoms with Gasteiger partial charge in [-0.25, -0.2) is 9.79 Å². The van der Waals surface area contributed by atoms with Gasteiger partial charge in [0.2, 0.25) is 5.90 Å². The number of carbonyl (C=O) groups is 1. The molecule has 0 bridgehead atoms. The molecule has 4 rings (SSSR count). The van der Waals surface area contributed by atoms with Crippen LogP contribution in [0.25, 0.3) is 6.08 Å². The van der Waals surface area contributed by atoms with Gasteiger partial charge < -0.3 is 9.47 Å². The molecule has 3 aromatic carbocycles. The molecule has 3 aromatic rings. The second-order valence-corrected chi connectivity index (χ2v) is 7.05. The van der Waals surface area contributed by atoms with E-state index < -0.39 is 5.97 Å². The first-order valence-corrected chi connectivity index (χ1v) is 9.45. The predicted octanol–water partition coefficient (Wildman–Crippen LogP) is 5.23. The Morgan fingerprint density at radius 3 is 2.41 bits per heavy atom. The van der Waals surface area contributed by atoms with Crippen LogP contribution in [0, 0.1) is 13.8 Å². The van der Waals surface area contributed by atoms with Gasteiger partial charge in [-0.1, -0.05) is 59.7 Å². The minimum absolute atomic E-state index is 0.287. The maximum absolute atomic E-state index is 12.2. The number of nitrogens with zero attached hydrogens (tertiary/aromatic N) is 1. The second kappa shape index (κ2) is 8.15. The fourth-order valence-corrected chi connectivity index (χ4v) is 2.98. The summed E-state index contributed by atoms with van der Waals surface area (Å²) in [5, 5.41) is 0. The summed E-state index contributed by atoms with van der Waals surface area (Å²) in [5.41, 5.74) is 5.36. The first-order chi connectivity index (χ1) is 14.1. The van der Waals surface area contributed by atoms with Crippen LogP contribution in [0.1, 0.15) is 27.8 Å². The first kappa shape index (κ1) is 18.7. The Hall–Kier alpha value is -3.66. The summed E-state index contributed by atoms with van der Waals surface area (Å²) in [6.07, 6.45) is 1.72. The lowest BCUT2D eigenvalue weighted by Gasteiger charge is -2.07. The largest absolute Gasteiger partial charge is 0.489 e. The van der Waals surface area contributed by atoms with E-state index in [9.17, 15) is 4.79 Å². The molecule has 0 radical (unpaired) electrons. The molecule has 4 heteroatoms. The summed E-state index contributed by atoms with van der Waals surface area (Å²) >= 11 is 0. The van der Waals surface area contributed by atoms with Crippen LogP contribution in [0.4, 0.5) is 0 Å². The van der Waals surface area contributed by atoms with Crippen LogP contribution in [0.5, 0.6) is 5.75 Å². The minimum Gasteiger partial charge on any atom is -0.489 e. The van der Waals surface area contributed by atoms with E-state index in [0.29, 0.717) is 12.5 Å². The van der Waals surface area contributed by atoms with Crippen molar-refractivity contribution in [2.45, 2.75) is 20.5 Å². The Morgan fingerprint density at radius 2 is 1.69 bits per heavy atom. The van der Waals surface area contributed by atoms with E-state index in [0.717, 1.165) is 28.0 Å². The summed E-state index contributed by atoms with van der Waals surface area (Å²) in [5.74, 6) is 0.662. The third kappa shape index (κ3) is 4.61. The van der Waals surface area contributed by atoms with Crippen LogP contribution in [0.15, 0.2) is 83.5 Å². The molecule has 29 heavy (non-hydrogen) atoms. The van der Waals surface area contributed by atoms with Gasteiger partial charge in [0.05, 0.1) is 0 Å². The first-order valence-electron chi connectivity index (χ1n) is 9.45. The fourth-order valence-electron chi connectivity index (χ4n) is 2.98. The molecule has 0 saturated heterocycles. The van der Waals surface area contributed by atoms with E-state index in [2.05, 4.69) is 36.2 Å². The van der Waals surface area contributed by atoms with Crippen LogP contribution < -0.4 is 4.74 Å². The van der Waals surface area contributed by atoms with Gasteiger partial charge in [0.15, 0.2) is 5.70 Å². The van der Waals surface area contributed by atoms with Gasteiger partial charge >= 0.3 is 5.97 Å². The third-order valence-corrected chi connectivity index (χ3v) is 4.60. The highest BCUT2D eigenvalue weighted by molar-refractivity contribution is 6.12. The summed E-state index contributed by atoms with van der Waals surface area (Å²) in [7, 11) is 0. The zero-order valence-electron chi connectivity index (χ0n) is 16.4. The van der Waals surface area contributed by atoms with E-state index >= 15 is 0 Å². The van der Waals surface area contributed by atoms with E-state index in [1.165, 1.54) is 5.56 Å². The standard InChI is InChI=1S/C25H21NO3/c1-17-6-8-20(9-7-17)16-28-22-12-10-19(11-13-22)15-23-25(27)29-24(26-23)21-5-3-4-18(2)14-21/h3-15H,16H2,1-2H3. The zero-order valence-corrected chi connectivity index (χ0v) is 16.4. The van der Waals surface area contributed by atoms with Gasteiger partial charge in [0, 0.05) is 5.56 Å². The molecule has 0 spiro atoms. The van der Waals surface area contributed by atoms with Gasteiger partial charge in [-0.3, -0.25) is 0 Å². The monoisotopic (exact) mass is 383 g/mol. The summed E-state index contributed by atoms with van der Waals surface area (Å²) in [6.45, 7) is 4.56. The maximum atomic E-state index is 12.2. The highest BCUT2D eigenvalue weighted by atomic mass is 16.6. The number of ether oxygens (including phenoxy) is 2. The van der Waals surface area contributed by atoms with Crippen molar-refractivity contribution >= 4 is 17.9 Å². The van der Waals surface area contributed by atoms with Gasteiger partial charge in [-0.2, -0.15) is 0 Å². The molecule has 0 aliphatic carbocycles. The zero-order chi connectivity index (χ0) is 20.2. The molecular formula is C25H21NO3. The van der Waals surface area contributed by atoms with Crippen molar-refractivity contribution in [3.05, 3.63) is 106 Å². The molecule has 0 amide bonds. The molecule has 4 nitrogen and oxygen atoms in total. The number of aryl methyl sites for hydroxylation is 2. The molecule has 0 unspecified atom stereocenters. The van der Waals surface area contributed by atoms with Crippen molar-refractivity contribution in [3.63, 3.8) is 0 Å². The Morgan fingerprint density at radius 1 is 0.931 bits per heavy atom. The fraction of sp³-hybridized carbons (Fsp3) is 0.120. The molecule has 0 aromatic heterocycles. The number of cyclic esters (lactones) is 1. The highest BCUT2D eigenvalue weighted by Crippen LogP contribution is 2.21. The van der Waals surface area contributed by atoms with E-state index in [-0.39, 0.29) is 5.70 Å². The normalized spacial score (nSPS) is 14.6. The summed E-state index contributed by atoms with van der Waals surface area (Å²) in [4.78, 5) is 16.5. The van der Waals surface area contributed by atoms with Crippen molar-refractivity contribution in [2.24, 2.45) is 4.99 Å². The topological polar surface area (TPSA) is 47.9 Å². The number of carbonyl (C=O) groups excluding carboxylic acids is 1. The Labute approximate surface area is 170 Å². The average Bonchev–Trinajstić information content (AvgIpc) is 3.09. The van der Waals surface area contributed by atoms with Crippen LogP contribution in [0.2, 0.25) is 0 Å². The van der Waals surface area contributed by atoms with Crippen molar-refractivity contribution < 1.29 is 14.3 Å². The van der Waals surface area contributed by atoms with Crippen LogP contribution >= 0.6 is 0 Å². The lowest BCUT2D eigenvalue weighted by atomic mass is 10.1. The number of hydrogen-bond acceptors (Lipinski definition) is 4. The SMILES string of the molecule is Cc1ccc(COc2ccc(C=C3N=C(c4cccc(C)c4)OC3=O)cc2)cc1. The molecule has 1 aliphatic rings. The van der Waals surface area contributed by atoms with Crippen molar-refractivity contribution in [2.75, 3.05) is 0 Å². The van der Waals surface area contributed by atoms with E-state index in [1.807, 2.05) is 55.5 Å². The molecule has 0 atom stereocenters. The van der Waals surface area contributed by atoms with Crippen LogP contribution in [-0.2, 0) is 16.1 Å². The van der Waals surface area contributed by atoms with Gasteiger partial charge in [-0.15, -0.1) is 0 Å². The maximum Gasteiger partial charge on any atom is 0.363 e. The number of aliphatic imine (C=N–C) groups is 1. The average molecular weight is 383 g/mol. The molecule has 1 heterocycles. The molecule has 0 fully saturated rings.